The summed E-state index contributed by atoms with van der Waals surface area (Å²) in [6.45, 7) is 9.27. The SMILES string of the molecule is C=CCC(Br)(C(=O)OC(=O)CCC(N)N)C(C)(C)C. The van der Waals surface area contributed by atoms with E-state index < -0.39 is 27.8 Å². The Hall–Kier alpha value is -0.720. The van der Waals surface area contributed by atoms with E-state index >= 15 is 0 Å². The van der Waals surface area contributed by atoms with E-state index in [2.05, 4.69) is 22.5 Å². The molecule has 0 heterocycles. The van der Waals surface area contributed by atoms with E-state index in [0.717, 1.165) is 0 Å². The Labute approximate surface area is 122 Å². The van der Waals surface area contributed by atoms with Crippen molar-refractivity contribution in [3.63, 3.8) is 0 Å². The van der Waals surface area contributed by atoms with Crippen LogP contribution in [0.1, 0.15) is 40.0 Å². The van der Waals surface area contributed by atoms with Crippen molar-refractivity contribution >= 4 is 27.9 Å². The number of halogens is 1. The predicted molar refractivity (Wildman–Crippen MR) is 78.4 cm³/mol. The highest BCUT2D eigenvalue weighted by atomic mass is 79.9. The average molecular weight is 335 g/mol. The molecule has 6 heteroatoms. The van der Waals surface area contributed by atoms with E-state index in [1.165, 1.54) is 0 Å². The number of hydrogen-bond acceptors (Lipinski definition) is 5. The Morgan fingerprint density at radius 2 is 1.89 bits per heavy atom. The minimum absolute atomic E-state index is 0.0186. The van der Waals surface area contributed by atoms with E-state index in [0.29, 0.717) is 6.42 Å². The highest BCUT2D eigenvalue weighted by Crippen LogP contribution is 2.42. The van der Waals surface area contributed by atoms with Gasteiger partial charge in [0.05, 0.1) is 6.17 Å². The maximum Gasteiger partial charge on any atom is 0.331 e. The summed E-state index contributed by atoms with van der Waals surface area (Å²) in [6.07, 6.45) is 1.68. The topological polar surface area (TPSA) is 95.4 Å². The van der Waals surface area contributed by atoms with Gasteiger partial charge in [0.1, 0.15) is 4.32 Å². The van der Waals surface area contributed by atoms with Crippen LogP contribution in [0.25, 0.3) is 0 Å². The lowest BCUT2D eigenvalue weighted by Crippen LogP contribution is -2.46. The van der Waals surface area contributed by atoms with Crippen molar-refractivity contribution in [2.75, 3.05) is 0 Å². The van der Waals surface area contributed by atoms with Gasteiger partial charge in [0.25, 0.3) is 0 Å². The van der Waals surface area contributed by atoms with Crippen molar-refractivity contribution in [2.45, 2.75) is 50.5 Å². The lowest BCUT2D eigenvalue weighted by molar-refractivity contribution is -0.163. The molecule has 5 nitrogen and oxygen atoms in total. The summed E-state index contributed by atoms with van der Waals surface area (Å²) in [5, 5.41) is 0. The first-order valence-corrected chi connectivity index (χ1v) is 6.90. The van der Waals surface area contributed by atoms with Gasteiger partial charge >= 0.3 is 11.9 Å². The number of esters is 2. The lowest BCUT2D eigenvalue weighted by atomic mass is 9.78. The van der Waals surface area contributed by atoms with Crippen LogP contribution < -0.4 is 11.5 Å². The fourth-order valence-corrected chi connectivity index (χ4v) is 1.72. The molecule has 0 radical (unpaired) electrons. The van der Waals surface area contributed by atoms with E-state index in [4.69, 9.17) is 16.2 Å². The molecule has 0 aliphatic carbocycles. The smallest absolute Gasteiger partial charge is 0.331 e. The number of allylic oxidation sites excluding steroid dienone is 1. The standard InChI is InChI=1S/C13H23BrN2O3/c1-5-8-13(14,12(2,3)4)11(18)19-10(17)7-6-9(15)16/h5,9H,1,6-8,15-16H2,2-4H3. The molecule has 0 aromatic carbocycles. The largest absolute Gasteiger partial charge is 0.392 e. The third kappa shape index (κ3) is 5.42. The zero-order chi connectivity index (χ0) is 15.3. The monoisotopic (exact) mass is 334 g/mol. The molecule has 0 aliphatic rings. The van der Waals surface area contributed by atoms with Crippen LogP contribution in [0.3, 0.4) is 0 Å². The van der Waals surface area contributed by atoms with Crippen LogP contribution in [0, 0.1) is 5.41 Å². The Morgan fingerprint density at radius 1 is 1.37 bits per heavy atom. The van der Waals surface area contributed by atoms with Gasteiger partial charge in [-0.15, -0.1) is 6.58 Å². The molecule has 0 spiro atoms. The molecule has 0 rings (SSSR count). The molecule has 1 unspecified atom stereocenters. The van der Waals surface area contributed by atoms with E-state index in [1.807, 2.05) is 20.8 Å². The summed E-state index contributed by atoms with van der Waals surface area (Å²) in [6, 6.07) is 0. The second kappa shape index (κ2) is 7.17. The molecule has 0 saturated carbocycles. The van der Waals surface area contributed by atoms with E-state index in [1.54, 1.807) is 6.08 Å². The van der Waals surface area contributed by atoms with Crippen LogP contribution in [0.15, 0.2) is 12.7 Å². The van der Waals surface area contributed by atoms with Crippen LogP contribution in [-0.4, -0.2) is 22.4 Å². The fraction of sp³-hybridized carbons (Fsp3) is 0.692. The first-order valence-electron chi connectivity index (χ1n) is 6.10. The molecule has 0 fully saturated rings. The minimum Gasteiger partial charge on any atom is -0.392 e. The molecule has 4 N–H and O–H groups in total. The van der Waals surface area contributed by atoms with Crippen molar-refractivity contribution in [1.82, 2.24) is 0 Å². The van der Waals surface area contributed by atoms with Crippen LogP contribution >= 0.6 is 15.9 Å². The normalized spacial score (nSPS) is 14.9. The maximum absolute atomic E-state index is 12.2. The first kappa shape index (κ1) is 18.3. The van der Waals surface area contributed by atoms with Crippen LogP contribution in [0.2, 0.25) is 0 Å². The van der Waals surface area contributed by atoms with Gasteiger partial charge in [-0.3, -0.25) is 9.59 Å². The summed E-state index contributed by atoms with van der Waals surface area (Å²) in [7, 11) is 0. The minimum atomic E-state index is -0.984. The maximum atomic E-state index is 12.2. The molecule has 0 aliphatic heterocycles. The summed E-state index contributed by atoms with van der Waals surface area (Å²) in [4.78, 5) is 23.7. The summed E-state index contributed by atoms with van der Waals surface area (Å²) < 4.78 is 3.88. The van der Waals surface area contributed by atoms with Gasteiger partial charge in [-0.25, -0.2) is 0 Å². The van der Waals surface area contributed by atoms with Gasteiger partial charge in [0.2, 0.25) is 0 Å². The number of carbonyl (C=O) groups is 2. The van der Waals surface area contributed by atoms with Gasteiger partial charge in [0, 0.05) is 6.42 Å². The average Bonchev–Trinajstić information content (AvgIpc) is 2.24. The summed E-state index contributed by atoms with van der Waals surface area (Å²) in [5.74, 6) is -1.24. The van der Waals surface area contributed by atoms with Gasteiger partial charge in [-0.1, -0.05) is 42.8 Å². The van der Waals surface area contributed by atoms with Crippen molar-refractivity contribution in [3.8, 4) is 0 Å². The van der Waals surface area contributed by atoms with Crippen molar-refractivity contribution in [2.24, 2.45) is 16.9 Å². The quantitative estimate of drug-likeness (QED) is 0.254. The summed E-state index contributed by atoms with van der Waals surface area (Å²) >= 11 is 3.39. The number of nitrogens with two attached hydrogens (primary N) is 2. The zero-order valence-corrected chi connectivity index (χ0v) is 13.3. The molecule has 0 aromatic heterocycles. The molecule has 110 valence electrons. The molecular weight excluding hydrogens is 312 g/mol. The zero-order valence-electron chi connectivity index (χ0n) is 11.7. The second-order valence-electron chi connectivity index (χ2n) is 5.51. The highest BCUT2D eigenvalue weighted by Gasteiger charge is 2.47. The Morgan fingerprint density at radius 3 is 2.26 bits per heavy atom. The number of rotatable bonds is 6. The van der Waals surface area contributed by atoms with Crippen molar-refractivity contribution in [1.29, 1.82) is 0 Å². The molecule has 0 amide bonds. The lowest BCUT2D eigenvalue weighted by Gasteiger charge is -2.36. The van der Waals surface area contributed by atoms with Gasteiger partial charge in [-0.2, -0.15) is 0 Å². The highest BCUT2D eigenvalue weighted by molar-refractivity contribution is 9.10. The Balaban J connectivity index is 4.76. The predicted octanol–water partition coefficient (Wildman–Crippen LogP) is 1.84. The van der Waals surface area contributed by atoms with Crippen molar-refractivity contribution < 1.29 is 14.3 Å². The van der Waals surface area contributed by atoms with Crippen molar-refractivity contribution in [3.05, 3.63) is 12.7 Å². The van der Waals surface area contributed by atoms with Gasteiger partial charge in [-0.05, 0) is 18.3 Å². The molecule has 19 heavy (non-hydrogen) atoms. The van der Waals surface area contributed by atoms with E-state index in [-0.39, 0.29) is 12.8 Å². The number of carbonyl (C=O) groups excluding carboxylic acids is 2. The molecular formula is C13H23BrN2O3. The van der Waals surface area contributed by atoms with Gasteiger partial charge < -0.3 is 16.2 Å². The van der Waals surface area contributed by atoms with Crippen LogP contribution in [0.4, 0.5) is 0 Å². The number of alkyl halides is 1. The fourth-order valence-electron chi connectivity index (χ4n) is 1.41. The third-order valence-corrected chi connectivity index (χ3v) is 4.66. The first-order chi connectivity index (χ1) is 8.54. The number of ether oxygens (including phenoxy) is 1. The Kier molecular flexibility index (Phi) is 6.89. The van der Waals surface area contributed by atoms with Crippen LogP contribution in [-0.2, 0) is 14.3 Å². The second-order valence-corrected chi connectivity index (χ2v) is 6.86. The Bertz CT molecular complexity index is 350. The van der Waals surface area contributed by atoms with Crippen LogP contribution in [0.5, 0.6) is 0 Å². The molecule has 0 saturated heterocycles. The van der Waals surface area contributed by atoms with E-state index in [9.17, 15) is 9.59 Å². The number of hydrogen-bond donors (Lipinski definition) is 2. The molecule has 0 bridgehead atoms. The summed E-state index contributed by atoms with van der Waals surface area (Å²) in [5.41, 5.74) is 10.2. The molecule has 0 aromatic rings. The third-order valence-electron chi connectivity index (χ3n) is 2.83. The molecule has 1 atom stereocenters. The van der Waals surface area contributed by atoms with Gasteiger partial charge in [0.15, 0.2) is 0 Å².